The van der Waals surface area contributed by atoms with Gasteiger partial charge in [-0.05, 0) is 49.1 Å². The lowest BCUT2D eigenvalue weighted by molar-refractivity contribution is 0.0697. The molecule has 0 fully saturated rings. The van der Waals surface area contributed by atoms with Gasteiger partial charge in [0.1, 0.15) is 0 Å². The van der Waals surface area contributed by atoms with Crippen molar-refractivity contribution in [3.05, 3.63) is 53.6 Å². The largest absolute Gasteiger partial charge is 0.490 e. The van der Waals surface area contributed by atoms with Crippen LogP contribution in [0.3, 0.4) is 0 Å². The summed E-state index contributed by atoms with van der Waals surface area (Å²) in [6.45, 7) is 3.75. The number of carboxylic acids is 1. The maximum absolute atomic E-state index is 14.4. The molecule has 4 nitrogen and oxygen atoms in total. The standard InChI is InChI=1S/C21H24F2O4/c1-2-3-12-26-13-4-5-14-27-18-11-10-17(19(22)20(18)23)15-6-8-16(9-7-15)21(24)25/h6-11H,2-5,12-14H2,1H3,(H,24,25). The number of halogens is 2. The summed E-state index contributed by atoms with van der Waals surface area (Å²) in [5.74, 6) is -3.27. The average Bonchev–Trinajstić information content (AvgIpc) is 2.67. The van der Waals surface area contributed by atoms with Crippen LogP contribution >= 0.6 is 0 Å². The number of hydrogen-bond acceptors (Lipinski definition) is 3. The zero-order chi connectivity index (χ0) is 19.6. The third kappa shape index (κ3) is 6.03. The van der Waals surface area contributed by atoms with E-state index < -0.39 is 17.6 Å². The summed E-state index contributed by atoms with van der Waals surface area (Å²) in [5.41, 5.74) is 0.534. The smallest absolute Gasteiger partial charge is 0.335 e. The first kappa shape index (κ1) is 20.8. The van der Waals surface area contributed by atoms with Gasteiger partial charge in [-0.25, -0.2) is 9.18 Å². The number of carbonyl (C=O) groups is 1. The Kier molecular flexibility index (Phi) is 8.20. The highest BCUT2D eigenvalue weighted by atomic mass is 19.2. The van der Waals surface area contributed by atoms with Gasteiger partial charge in [0.05, 0.1) is 12.2 Å². The molecule has 0 spiro atoms. The van der Waals surface area contributed by atoms with E-state index in [2.05, 4.69) is 6.92 Å². The minimum atomic E-state index is -1.08. The quantitative estimate of drug-likeness (QED) is 0.539. The summed E-state index contributed by atoms with van der Waals surface area (Å²) in [5, 5.41) is 8.90. The van der Waals surface area contributed by atoms with Gasteiger partial charge in [0.25, 0.3) is 0 Å². The molecule has 2 aromatic carbocycles. The lowest BCUT2D eigenvalue weighted by Gasteiger charge is -2.11. The monoisotopic (exact) mass is 378 g/mol. The molecule has 0 saturated carbocycles. The molecule has 146 valence electrons. The molecule has 0 unspecified atom stereocenters. The van der Waals surface area contributed by atoms with Crippen molar-refractivity contribution in [2.24, 2.45) is 0 Å². The normalized spacial score (nSPS) is 10.8. The predicted octanol–water partition coefficient (Wildman–Crippen LogP) is 5.31. The summed E-state index contributed by atoms with van der Waals surface area (Å²) in [7, 11) is 0. The zero-order valence-corrected chi connectivity index (χ0v) is 15.3. The van der Waals surface area contributed by atoms with Crippen molar-refractivity contribution in [3.8, 4) is 16.9 Å². The molecule has 2 aromatic rings. The Morgan fingerprint density at radius 3 is 2.26 bits per heavy atom. The molecule has 27 heavy (non-hydrogen) atoms. The SMILES string of the molecule is CCCCOCCCCOc1ccc(-c2ccc(C(=O)O)cc2)c(F)c1F. The first-order valence-corrected chi connectivity index (χ1v) is 9.07. The molecular formula is C21H24F2O4. The summed E-state index contributed by atoms with van der Waals surface area (Å²) in [4.78, 5) is 10.9. The first-order chi connectivity index (χ1) is 13.0. The Morgan fingerprint density at radius 2 is 1.59 bits per heavy atom. The lowest BCUT2D eigenvalue weighted by atomic mass is 10.0. The minimum Gasteiger partial charge on any atom is -0.490 e. The second-order valence-electron chi connectivity index (χ2n) is 6.14. The molecule has 0 aromatic heterocycles. The van der Waals surface area contributed by atoms with Crippen LogP contribution in [0.25, 0.3) is 11.1 Å². The van der Waals surface area contributed by atoms with Crippen LogP contribution in [0.2, 0.25) is 0 Å². The van der Waals surface area contributed by atoms with Crippen molar-refractivity contribution in [1.82, 2.24) is 0 Å². The number of aromatic carboxylic acids is 1. The minimum absolute atomic E-state index is 0.0566. The Morgan fingerprint density at radius 1 is 0.926 bits per heavy atom. The summed E-state index contributed by atoms with van der Waals surface area (Å²) in [6.07, 6.45) is 3.60. The van der Waals surface area contributed by atoms with Crippen molar-refractivity contribution in [3.63, 3.8) is 0 Å². The molecule has 0 heterocycles. The van der Waals surface area contributed by atoms with E-state index >= 15 is 0 Å². The Bertz CT molecular complexity index is 745. The van der Waals surface area contributed by atoms with Gasteiger partial charge in [-0.3, -0.25) is 0 Å². The van der Waals surface area contributed by atoms with Crippen LogP contribution < -0.4 is 4.74 Å². The highest BCUT2D eigenvalue weighted by Crippen LogP contribution is 2.30. The molecule has 6 heteroatoms. The van der Waals surface area contributed by atoms with E-state index in [0.29, 0.717) is 18.6 Å². The number of carboxylic acid groups (broad SMARTS) is 1. The number of rotatable bonds is 11. The molecule has 2 rings (SSSR count). The van der Waals surface area contributed by atoms with Crippen molar-refractivity contribution in [2.45, 2.75) is 32.6 Å². The van der Waals surface area contributed by atoms with E-state index in [-0.39, 0.29) is 23.5 Å². The van der Waals surface area contributed by atoms with Gasteiger partial charge >= 0.3 is 5.97 Å². The van der Waals surface area contributed by atoms with Gasteiger partial charge < -0.3 is 14.6 Å². The lowest BCUT2D eigenvalue weighted by Crippen LogP contribution is -2.04. The molecule has 0 saturated heterocycles. The van der Waals surface area contributed by atoms with Gasteiger partial charge in [-0.15, -0.1) is 0 Å². The fourth-order valence-corrected chi connectivity index (χ4v) is 2.50. The van der Waals surface area contributed by atoms with E-state index in [4.69, 9.17) is 14.6 Å². The number of unbranched alkanes of at least 4 members (excludes halogenated alkanes) is 2. The molecule has 1 N–H and O–H groups in total. The van der Waals surface area contributed by atoms with Crippen molar-refractivity contribution in [1.29, 1.82) is 0 Å². The average molecular weight is 378 g/mol. The molecule has 0 radical (unpaired) electrons. The Hall–Kier alpha value is -2.47. The van der Waals surface area contributed by atoms with Gasteiger partial charge in [-0.2, -0.15) is 4.39 Å². The van der Waals surface area contributed by atoms with Gasteiger partial charge in [0.15, 0.2) is 11.6 Å². The van der Waals surface area contributed by atoms with Crippen LogP contribution in [0.15, 0.2) is 36.4 Å². The summed E-state index contributed by atoms with van der Waals surface area (Å²) < 4.78 is 39.4. The van der Waals surface area contributed by atoms with Crippen LogP contribution in [0.1, 0.15) is 43.0 Å². The number of ether oxygens (including phenoxy) is 2. The molecule has 0 aliphatic rings. The number of benzene rings is 2. The number of hydrogen-bond donors (Lipinski definition) is 1. The fraction of sp³-hybridized carbons (Fsp3) is 0.381. The Balaban J connectivity index is 1.91. The second-order valence-corrected chi connectivity index (χ2v) is 6.14. The van der Waals surface area contributed by atoms with Crippen LogP contribution in [-0.4, -0.2) is 30.9 Å². The van der Waals surface area contributed by atoms with E-state index in [9.17, 15) is 13.6 Å². The van der Waals surface area contributed by atoms with Crippen molar-refractivity contribution < 1.29 is 28.2 Å². The maximum Gasteiger partial charge on any atom is 0.335 e. The molecule has 0 atom stereocenters. The molecule has 0 aliphatic carbocycles. The fourth-order valence-electron chi connectivity index (χ4n) is 2.50. The summed E-state index contributed by atoms with van der Waals surface area (Å²) in [6, 6.07) is 8.40. The summed E-state index contributed by atoms with van der Waals surface area (Å²) >= 11 is 0. The van der Waals surface area contributed by atoms with Crippen molar-refractivity contribution in [2.75, 3.05) is 19.8 Å². The zero-order valence-electron chi connectivity index (χ0n) is 15.3. The molecule has 0 amide bonds. The van der Waals surface area contributed by atoms with Crippen LogP contribution in [0.4, 0.5) is 8.78 Å². The topological polar surface area (TPSA) is 55.8 Å². The highest BCUT2D eigenvalue weighted by Gasteiger charge is 2.16. The van der Waals surface area contributed by atoms with Crippen LogP contribution in [0, 0.1) is 11.6 Å². The van der Waals surface area contributed by atoms with Crippen LogP contribution in [0.5, 0.6) is 5.75 Å². The third-order valence-electron chi connectivity index (χ3n) is 4.07. The van der Waals surface area contributed by atoms with Gasteiger partial charge in [0.2, 0.25) is 5.82 Å². The van der Waals surface area contributed by atoms with Crippen LogP contribution in [-0.2, 0) is 4.74 Å². The van der Waals surface area contributed by atoms with Gasteiger partial charge in [0, 0.05) is 18.8 Å². The van der Waals surface area contributed by atoms with Gasteiger partial charge in [-0.1, -0.05) is 25.5 Å². The molecular weight excluding hydrogens is 354 g/mol. The predicted molar refractivity (Wildman–Crippen MR) is 99.2 cm³/mol. The molecule has 0 bridgehead atoms. The first-order valence-electron chi connectivity index (χ1n) is 9.07. The van der Waals surface area contributed by atoms with E-state index in [1.165, 1.54) is 36.4 Å². The van der Waals surface area contributed by atoms with Crippen molar-refractivity contribution >= 4 is 5.97 Å². The second kappa shape index (κ2) is 10.6. The van der Waals surface area contributed by atoms with E-state index in [1.54, 1.807) is 0 Å². The Labute approximate surface area is 157 Å². The van der Waals surface area contributed by atoms with E-state index in [1.807, 2.05) is 0 Å². The molecule has 0 aliphatic heterocycles. The maximum atomic E-state index is 14.4. The third-order valence-corrected chi connectivity index (χ3v) is 4.07. The highest BCUT2D eigenvalue weighted by molar-refractivity contribution is 5.88. The van der Waals surface area contributed by atoms with E-state index in [0.717, 1.165) is 25.9 Å².